The monoisotopic (exact) mass is 262 g/mol. The van der Waals surface area contributed by atoms with Crippen molar-refractivity contribution in [1.29, 1.82) is 0 Å². The van der Waals surface area contributed by atoms with Gasteiger partial charge in [0.2, 0.25) is 0 Å². The number of halogens is 1. The highest BCUT2D eigenvalue weighted by atomic mass is 35.5. The molecule has 4 nitrogen and oxygen atoms in total. The average molecular weight is 263 g/mol. The molecule has 1 aromatic carbocycles. The first-order chi connectivity index (χ1) is 8.65. The van der Waals surface area contributed by atoms with Crippen LogP contribution in [0.4, 0.5) is 5.82 Å². The molecule has 0 aliphatic carbocycles. The van der Waals surface area contributed by atoms with E-state index in [1.807, 2.05) is 12.1 Å². The second-order valence-electron chi connectivity index (χ2n) is 3.69. The van der Waals surface area contributed by atoms with Crippen molar-refractivity contribution < 1.29 is 9.90 Å². The summed E-state index contributed by atoms with van der Waals surface area (Å²) >= 11 is 5.79. The Hall–Kier alpha value is -2.07. The number of carboxylic acid groups (broad SMARTS) is 1. The van der Waals surface area contributed by atoms with Crippen LogP contribution in [0.1, 0.15) is 16.1 Å². The first-order valence-electron chi connectivity index (χ1n) is 5.34. The maximum absolute atomic E-state index is 10.8. The maximum Gasteiger partial charge on any atom is 0.354 e. The Morgan fingerprint density at radius 3 is 2.61 bits per heavy atom. The Balaban J connectivity index is 2.04. The van der Waals surface area contributed by atoms with E-state index in [1.165, 1.54) is 6.07 Å². The van der Waals surface area contributed by atoms with Gasteiger partial charge >= 0.3 is 5.97 Å². The number of aromatic carboxylic acids is 1. The summed E-state index contributed by atoms with van der Waals surface area (Å²) < 4.78 is 0. The molecule has 2 N–H and O–H groups in total. The van der Waals surface area contributed by atoms with Crippen LogP contribution < -0.4 is 5.32 Å². The molecular formula is C13H11ClN2O2. The molecule has 2 aromatic rings. The smallest absolute Gasteiger partial charge is 0.354 e. The Morgan fingerprint density at radius 2 is 1.94 bits per heavy atom. The number of anilines is 1. The third-order valence-electron chi connectivity index (χ3n) is 2.36. The lowest BCUT2D eigenvalue weighted by atomic mass is 10.2. The number of carbonyl (C=O) groups is 1. The molecule has 92 valence electrons. The van der Waals surface area contributed by atoms with Gasteiger partial charge < -0.3 is 10.4 Å². The lowest BCUT2D eigenvalue weighted by Gasteiger charge is -2.06. The summed E-state index contributed by atoms with van der Waals surface area (Å²) in [4.78, 5) is 14.7. The summed E-state index contributed by atoms with van der Waals surface area (Å²) in [7, 11) is 0. The fourth-order valence-corrected chi connectivity index (χ4v) is 1.57. The average Bonchev–Trinajstić information content (AvgIpc) is 2.38. The van der Waals surface area contributed by atoms with E-state index in [0.717, 1.165) is 5.56 Å². The number of hydrogen-bond acceptors (Lipinski definition) is 3. The van der Waals surface area contributed by atoms with E-state index in [2.05, 4.69) is 10.3 Å². The van der Waals surface area contributed by atoms with Crippen molar-refractivity contribution in [2.75, 3.05) is 5.32 Å². The van der Waals surface area contributed by atoms with Gasteiger partial charge in [0, 0.05) is 11.6 Å². The van der Waals surface area contributed by atoms with Gasteiger partial charge in [-0.25, -0.2) is 9.78 Å². The van der Waals surface area contributed by atoms with Crippen molar-refractivity contribution >= 4 is 23.4 Å². The van der Waals surface area contributed by atoms with Crippen LogP contribution >= 0.6 is 11.6 Å². The van der Waals surface area contributed by atoms with Crippen molar-refractivity contribution in [3.05, 3.63) is 58.7 Å². The molecule has 1 aromatic heterocycles. The molecule has 2 rings (SSSR count). The number of pyridine rings is 1. The Kier molecular flexibility index (Phi) is 3.79. The van der Waals surface area contributed by atoms with Crippen LogP contribution in [0.2, 0.25) is 5.02 Å². The number of aromatic nitrogens is 1. The molecule has 5 heteroatoms. The summed E-state index contributed by atoms with van der Waals surface area (Å²) in [5.74, 6) is -0.505. The van der Waals surface area contributed by atoms with Gasteiger partial charge in [-0.1, -0.05) is 29.8 Å². The van der Waals surface area contributed by atoms with Crippen LogP contribution in [0.25, 0.3) is 0 Å². The molecule has 0 spiro atoms. The van der Waals surface area contributed by atoms with E-state index >= 15 is 0 Å². The van der Waals surface area contributed by atoms with Gasteiger partial charge in [-0.2, -0.15) is 0 Å². The molecule has 1 heterocycles. The molecule has 0 atom stereocenters. The summed E-state index contributed by atoms with van der Waals surface area (Å²) in [6.07, 6.45) is 0. The quantitative estimate of drug-likeness (QED) is 0.889. The van der Waals surface area contributed by atoms with Crippen LogP contribution in [0, 0.1) is 0 Å². The van der Waals surface area contributed by atoms with Gasteiger partial charge in [0.1, 0.15) is 5.82 Å². The summed E-state index contributed by atoms with van der Waals surface area (Å²) in [6.45, 7) is 0.563. The van der Waals surface area contributed by atoms with E-state index < -0.39 is 5.97 Å². The number of nitrogens with zero attached hydrogens (tertiary/aromatic N) is 1. The van der Waals surface area contributed by atoms with E-state index in [9.17, 15) is 4.79 Å². The minimum Gasteiger partial charge on any atom is -0.477 e. The minimum atomic E-state index is -1.04. The summed E-state index contributed by atoms with van der Waals surface area (Å²) in [5.41, 5.74) is 1.07. The fraction of sp³-hybridized carbons (Fsp3) is 0.0769. The van der Waals surface area contributed by atoms with Gasteiger partial charge in [0.05, 0.1) is 0 Å². The minimum absolute atomic E-state index is 0.0242. The number of hydrogen-bond donors (Lipinski definition) is 2. The van der Waals surface area contributed by atoms with Gasteiger partial charge in [0.15, 0.2) is 5.69 Å². The number of rotatable bonds is 4. The molecule has 0 saturated carbocycles. The second kappa shape index (κ2) is 5.51. The summed E-state index contributed by atoms with van der Waals surface area (Å²) in [5, 5.41) is 12.6. The van der Waals surface area contributed by atoms with E-state index in [-0.39, 0.29) is 5.69 Å². The standard InChI is InChI=1S/C13H11ClN2O2/c14-10-6-4-9(5-7-10)8-15-12-3-1-2-11(16-12)13(17)18/h1-7H,8H2,(H,15,16)(H,17,18). The molecule has 0 bridgehead atoms. The van der Waals surface area contributed by atoms with Crippen LogP contribution in [-0.4, -0.2) is 16.1 Å². The summed E-state index contributed by atoms with van der Waals surface area (Å²) in [6, 6.07) is 12.2. The Morgan fingerprint density at radius 1 is 1.22 bits per heavy atom. The molecule has 0 saturated heterocycles. The largest absolute Gasteiger partial charge is 0.477 e. The second-order valence-corrected chi connectivity index (χ2v) is 4.13. The fourth-order valence-electron chi connectivity index (χ4n) is 1.45. The topological polar surface area (TPSA) is 62.2 Å². The van der Waals surface area contributed by atoms with E-state index in [4.69, 9.17) is 16.7 Å². The van der Waals surface area contributed by atoms with Crippen LogP contribution in [0.3, 0.4) is 0 Å². The molecule has 0 amide bonds. The van der Waals surface area contributed by atoms with Crippen molar-refractivity contribution in [3.63, 3.8) is 0 Å². The molecule has 0 radical (unpaired) electrons. The lowest BCUT2D eigenvalue weighted by Crippen LogP contribution is -2.05. The molecule has 0 fully saturated rings. The van der Waals surface area contributed by atoms with E-state index in [1.54, 1.807) is 24.3 Å². The zero-order chi connectivity index (χ0) is 13.0. The highest BCUT2D eigenvalue weighted by Gasteiger charge is 2.04. The van der Waals surface area contributed by atoms with Crippen molar-refractivity contribution in [2.24, 2.45) is 0 Å². The molecule has 0 aliphatic rings. The predicted molar refractivity (Wildman–Crippen MR) is 70.0 cm³/mol. The SMILES string of the molecule is O=C(O)c1cccc(NCc2ccc(Cl)cc2)n1. The highest BCUT2D eigenvalue weighted by molar-refractivity contribution is 6.30. The number of nitrogens with one attached hydrogen (secondary N) is 1. The maximum atomic E-state index is 10.8. The molecule has 18 heavy (non-hydrogen) atoms. The molecule has 0 unspecified atom stereocenters. The number of carboxylic acids is 1. The zero-order valence-corrected chi connectivity index (χ0v) is 10.2. The van der Waals surface area contributed by atoms with E-state index in [0.29, 0.717) is 17.4 Å². The Bertz CT molecular complexity index is 555. The lowest BCUT2D eigenvalue weighted by molar-refractivity contribution is 0.0690. The van der Waals surface area contributed by atoms with Gasteiger partial charge in [0.25, 0.3) is 0 Å². The number of benzene rings is 1. The highest BCUT2D eigenvalue weighted by Crippen LogP contribution is 2.11. The zero-order valence-electron chi connectivity index (χ0n) is 9.43. The Labute approximate surface area is 109 Å². The van der Waals surface area contributed by atoms with Crippen molar-refractivity contribution in [1.82, 2.24) is 4.98 Å². The first kappa shape index (κ1) is 12.4. The molecular weight excluding hydrogens is 252 g/mol. The van der Waals surface area contributed by atoms with Crippen LogP contribution in [0.15, 0.2) is 42.5 Å². The van der Waals surface area contributed by atoms with Crippen molar-refractivity contribution in [2.45, 2.75) is 6.54 Å². The van der Waals surface area contributed by atoms with Gasteiger partial charge in [-0.3, -0.25) is 0 Å². The molecule has 0 aliphatic heterocycles. The third kappa shape index (κ3) is 3.21. The van der Waals surface area contributed by atoms with Gasteiger partial charge in [-0.05, 0) is 29.8 Å². The normalized spacial score (nSPS) is 10.1. The van der Waals surface area contributed by atoms with Crippen LogP contribution in [0.5, 0.6) is 0 Å². The predicted octanol–water partition coefficient (Wildman–Crippen LogP) is 3.05. The van der Waals surface area contributed by atoms with Gasteiger partial charge in [-0.15, -0.1) is 0 Å². The third-order valence-corrected chi connectivity index (χ3v) is 2.61. The first-order valence-corrected chi connectivity index (χ1v) is 5.71. The van der Waals surface area contributed by atoms with Crippen LogP contribution in [-0.2, 0) is 6.54 Å². The van der Waals surface area contributed by atoms with Crippen molar-refractivity contribution in [3.8, 4) is 0 Å².